The molecule has 2 aromatic rings. The summed E-state index contributed by atoms with van der Waals surface area (Å²) in [6, 6.07) is 12.2. The molecule has 246 valence electrons. The van der Waals surface area contributed by atoms with E-state index in [1.165, 1.54) is 29.7 Å². The molecule has 3 atom stereocenters. The molecule has 46 heavy (non-hydrogen) atoms. The Bertz CT molecular complexity index is 1440. The molecule has 4 heterocycles. The van der Waals surface area contributed by atoms with Gasteiger partial charge in [-0.15, -0.1) is 0 Å². The van der Waals surface area contributed by atoms with Gasteiger partial charge in [0.2, 0.25) is 5.91 Å². The van der Waals surface area contributed by atoms with Crippen molar-refractivity contribution in [3.05, 3.63) is 53.2 Å². The van der Waals surface area contributed by atoms with Gasteiger partial charge in [0.05, 0.1) is 24.2 Å². The van der Waals surface area contributed by atoms with E-state index in [1.54, 1.807) is 6.08 Å². The number of para-hydroxylation sites is 1. The van der Waals surface area contributed by atoms with Crippen LogP contribution < -0.4 is 14.5 Å². The Morgan fingerprint density at radius 1 is 1.09 bits per heavy atom. The van der Waals surface area contributed by atoms with E-state index < -0.39 is 0 Å². The number of hydrogen-bond donors (Lipinski definition) is 0. The van der Waals surface area contributed by atoms with Crippen LogP contribution in [-0.4, -0.2) is 115 Å². The lowest BCUT2D eigenvalue weighted by Crippen LogP contribution is -2.55. The Balaban J connectivity index is 1.26. The Hall–Kier alpha value is -3.68. The van der Waals surface area contributed by atoms with Crippen molar-refractivity contribution in [2.75, 3.05) is 76.3 Å². The van der Waals surface area contributed by atoms with Gasteiger partial charge >= 0.3 is 6.01 Å². The Kier molecular flexibility index (Phi) is 10.4. The smallest absolute Gasteiger partial charge is 0.318 e. The number of ether oxygens (including phenoxy) is 1. The average molecular weight is 627 g/mol. The van der Waals surface area contributed by atoms with Gasteiger partial charge in [0.25, 0.3) is 0 Å². The molecule has 1 aliphatic carbocycles. The summed E-state index contributed by atoms with van der Waals surface area (Å²) >= 11 is 0. The number of hydrogen-bond acceptors (Lipinski definition) is 9. The minimum Gasteiger partial charge on any atom is -0.462 e. The molecule has 10 heteroatoms. The van der Waals surface area contributed by atoms with E-state index in [9.17, 15) is 10.1 Å². The van der Waals surface area contributed by atoms with Crippen LogP contribution in [0.5, 0.6) is 6.01 Å². The first-order chi connectivity index (χ1) is 22.4. The van der Waals surface area contributed by atoms with Crippen molar-refractivity contribution >= 4 is 17.4 Å². The number of benzene rings is 1. The van der Waals surface area contributed by atoms with Gasteiger partial charge in [-0.3, -0.25) is 9.69 Å². The summed E-state index contributed by atoms with van der Waals surface area (Å²) in [5, 5.41) is 9.71. The molecule has 0 radical (unpaired) electrons. The van der Waals surface area contributed by atoms with Gasteiger partial charge in [-0.2, -0.15) is 15.2 Å². The average Bonchev–Trinajstić information content (AvgIpc) is 3.54. The molecule has 3 aliphatic heterocycles. The molecule has 6 rings (SSSR count). The minimum absolute atomic E-state index is 0.0304. The van der Waals surface area contributed by atoms with E-state index >= 15 is 0 Å². The number of likely N-dealkylation sites (tertiary alicyclic amines) is 1. The summed E-state index contributed by atoms with van der Waals surface area (Å²) in [7, 11) is 3.96. The highest BCUT2D eigenvalue weighted by molar-refractivity contribution is 5.88. The van der Waals surface area contributed by atoms with Crippen molar-refractivity contribution in [3.63, 3.8) is 0 Å². The minimum atomic E-state index is -0.206. The van der Waals surface area contributed by atoms with E-state index in [1.807, 2.05) is 30.0 Å². The number of fused-ring (bicyclic) bond motifs is 2. The monoisotopic (exact) mass is 626 g/mol. The van der Waals surface area contributed by atoms with E-state index in [0.29, 0.717) is 50.9 Å². The van der Waals surface area contributed by atoms with E-state index in [0.717, 1.165) is 63.3 Å². The second-order valence-electron chi connectivity index (χ2n) is 13.5. The van der Waals surface area contributed by atoms with E-state index in [4.69, 9.17) is 14.7 Å². The summed E-state index contributed by atoms with van der Waals surface area (Å²) in [6.07, 6.45) is 11.3. The molecule has 1 aromatic carbocycles. The highest BCUT2D eigenvalue weighted by Gasteiger charge is 2.35. The van der Waals surface area contributed by atoms with Crippen molar-refractivity contribution in [1.29, 1.82) is 5.26 Å². The van der Waals surface area contributed by atoms with Crippen molar-refractivity contribution in [2.45, 2.75) is 76.4 Å². The fourth-order valence-corrected chi connectivity index (χ4v) is 7.84. The third-order valence-corrected chi connectivity index (χ3v) is 10.2. The number of nitriles is 1. The normalized spacial score (nSPS) is 23.5. The zero-order chi connectivity index (χ0) is 32.0. The van der Waals surface area contributed by atoms with Crippen molar-refractivity contribution in [3.8, 4) is 12.1 Å². The number of likely N-dealkylation sites (N-methyl/N-ethyl adjacent to an activating group) is 2. The number of carbonyl (C=O) groups is 1. The lowest BCUT2D eigenvalue weighted by atomic mass is 9.88. The third-order valence-electron chi connectivity index (χ3n) is 10.2. The van der Waals surface area contributed by atoms with Crippen LogP contribution in [0.2, 0.25) is 0 Å². The van der Waals surface area contributed by atoms with Crippen LogP contribution >= 0.6 is 0 Å². The number of aryl methyl sites for hydroxylation is 1. The Morgan fingerprint density at radius 3 is 2.78 bits per heavy atom. The number of amides is 1. The number of rotatable bonds is 10. The van der Waals surface area contributed by atoms with Crippen LogP contribution in [0.25, 0.3) is 0 Å². The quantitative estimate of drug-likeness (QED) is 0.366. The molecule has 0 saturated carbocycles. The maximum Gasteiger partial charge on any atom is 0.318 e. The van der Waals surface area contributed by atoms with Crippen molar-refractivity contribution in [1.82, 2.24) is 24.7 Å². The maximum atomic E-state index is 13.2. The summed E-state index contributed by atoms with van der Waals surface area (Å²) in [5.41, 5.74) is 5.09. The van der Waals surface area contributed by atoms with Gasteiger partial charge in [-0.05, 0) is 77.3 Å². The maximum absolute atomic E-state index is 13.2. The zero-order valence-corrected chi connectivity index (χ0v) is 27.9. The van der Waals surface area contributed by atoms with Gasteiger partial charge < -0.3 is 24.3 Å². The van der Waals surface area contributed by atoms with E-state index in [-0.39, 0.29) is 18.4 Å². The van der Waals surface area contributed by atoms with Gasteiger partial charge in [-0.1, -0.05) is 31.2 Å². The Morgan fingerprint density at radius 2 is 1.96 bits per heavy atom. The highest BCUT2D eigenvalue weighted by atomic mass is 16.5. The van der Waals surface area contributed by atoms with Gasteiger partial charge in [0.15, 0.2) is 0 Å². The summed E-state index contributed by atoms with van der Waals surface area (Å²) in [5.74, 6) is 0.895. The van der Waals surface area contributed by atoms with Crippen LogP contribution in [0.1, 0.15) is 55.8 Å². The van der Waals surface area contributed by atoms with Crippen LogP contribution in [0, 0.1) is 11.3 Å². The molecule has 0 unspecified atom stereocenters. The van der Waals surface area contributed by atoms with Crippen LogP contribution in [-0.2, 0) is 24.1 Å². The number of anilines is 2. The van der Waals surface area contributed by atoms with E-state index in [2.05, 4.69) is 52.0 Å². The van der Waals surface area contributed by atoms with Crippen LogP contribution in [0.3, 0.4) is 0 Å². The molecule has 10 nitrogen and oxygen atoms in total. The number of aromatic nitrogens is 2. The molecular weight excluding hydrogens is 576 g/mol. The lowest BCUT2D eigenvalue weighted by Gasteiger charge is -2.43. The zero-order valence-electron chi connectivity index (χ0n) is 27.9. The largest absolute Gasteiger partial charge is 0.462 e. The lowest BCUT2D eigenvalue weighted by molar-refractivity contribution is -0.128. The van der Waals surface area contributed by atoms with Crippen molar-refractivity contribution in [2.24, 2.45) is 0 Å². The van der Waals surface area contributed by atoms with Gasteiger partial charge in [-0.25, -0.2) is 0 Å². The summed E-state index contributed by atoms with van der Waals surface area (Å²) < 4.78 is 6.42. The standard InChI is InChI=1S/C36H50N8O2/c1-4-41-20-8-12-30(41)26-46-36-38-32-24-28(43-21-7-11-27-10-5-6-13-33(27)43)15-16-31(32)35(39-36)42-22-23-44(29(25-42)17-18-37)34(45)14-9-19-40(2)3/h5-6,9-10,13-14,28-30H,4,7-8,11-12,15-17,19-26H2,1-3H3/b14-9+/t28-,29-,30-/m0/s1. The van der Waals surface area contributed by atoms with Gasteiger partial charge in [0.1, 0.15) is 12.4 Å². The highest BCUT2D eigenvalue weighted by Crippen LogP contribution is 2.37. The number of piperazine rings is 1. The number of nitrogens with zero attached hydrogens (tertiary/aromatic N) is 8. The first-order valence-electron chi connectivity index (χ1n) is 17.3. The fourth-order valence-electron chi connectivity index (χ4n) is 7.84. The number of carbonyl (C=O) groups excluding carboxylic acids is 1. The predicted molar refractivity (Wildman–Crippen MR) is 181 cm³/mol. The molecule has 2 saturated heterocycles. The second kappa shape index (κ2) is 14.8. The molecule has 0 bridgehead atoms. The first-order valence-corrected chi connectivity index (χ1v) is 17.3. The Labute approximate surface area is 274 Å². The first kappa shape index (κ1) is 32.3. The topological polar surface area (TPSA) is 92.1 Å². The van der Waals surface area contributed by atoms with Crippen molar-refractivity contribution < 1.29 is 9.53 Å². The molecular formula is C36H50N8O2. The molecule has 0 N–H and O–H groups in total. The molecule has 4 aliphatic rings. The fraction of sp³-hybridized carbons (Fsp3) is 0.611. The SMILES string of the molecule is CCN1CCC[C@H]1COc1nc2c(c(N3CCN(C(=O)/C=C/CN(C)C)[C@@H](CC#N)C3)n1)CC[C@H](N1CCCc3ccccc31)C2. The van der Waals surface area contributed by atoms with Crippen LogP contribution in [0.15, 0.2) is 36.4 Å². The second-order valence-corrected chi connectivity index (χ2v) is 13.5. The van der Waals surface area contributed by atoms with Crippen LogP contribution in [0.4, 0.5) is 11.5 Å². The summed E-state index contributed by atoms with van der Waals surface area (Å²) in [6.45, 7) is 8.50. The molecule has 1 amide bonds. The molecule has 0 spiro atoms. The molecule has 1 aromatic heterocycles. The predicted octanol–water partition coefficient (Wildman–Crippen LogP) is 3.70. The third kappa shape index (κ3) is 7.16. The summed E-state index contributed by atoms with van der Waals surface area (Å²) in [4.78, 5) is 34.6. The molecule has 2 fully saturated rings. The van der Waals surface area contributed by atoms with Gasteiger partial charge in [0, 0.05) is 68.6 Å².